The van der Waals surface area contributed by atoms with E-state index in [2.05, 4.69) is 27.0 Å². The number of rotatable bonds is 3. The van der Waals surface area contributed by atoms with Crippen LogP contribution in [0.2, 0.25) is 0 Å². The van der Waals surface area contributed by atoms with E-state index in [-0.39, 0.29) is 23.5 Å². The molecule has 0 saturated carbocycles. The molecule has 1 aromatic heterocycles. The number of hydrogen-bond donors (Lipinski definition) is 0. The van der Waals surface area contributed by atoms with Crippen LogP contribution in [0.3, 0.4) is 0 Å². The Morgan fingerprint density at radius 1 is 1.26 bits per heavy atom. The van der Waals surface area contributed by atoms with Gasteiger partial charge in [0.2, 0.25) is 0 Å². The molecule has 0 aliphatic carbocycles. The standard InChI is InChI=1S/C19H22N4O3S/c1-13-20-16(19(24)22(2)15-8-10-27(25,26)12-15)11-18(21-13)23-9-7-14-5-3-4-6-17(14)23/h3-6,11,15H,7-10,12H2,1-2H3. The highest BCUT2D eigenvalue weighted by atomic mass is 32.2. The lowest BCUT2D eigenvalue weighted by atomic mass is 10.2. The first-order chi connectivity index (χ1) is 12.8. The van der Waals surface area contributed by atoms with Crippen molar-refractivity contribution in [3.63, 3.8) is 0 Å². The zero-order valence-electron chi connectivity index (χ0n) is 15.4. The van der Waals surface area contributed by atoms with Gasteiger partial charge in [-0.25, -0.2) is 18.4 Å². The number of amides is 1. The molecule has 7 nitrogen and oxygen atoms in total. The summed E-state index contributed by atoms with van der Waals surface area (Å²) in [6.45, 7) is 2.57. The predicted molar refractivity (Wildman–Crippen MR) is 103 cm³/mol. The molecule has 0 radical (unpaired) electrons. The lowest BCUT2D eigenvalue weighted by molar-refractivity contribution is 0.0741. The van der Waals surface area contributed by atoms with E-state index in [1.165, 1.54) is 10.5 Å². The van der Waals surface area contributed by atoms with Crippen LogP contribution in [0, 0.1) is 6.92 Å². The number of carbonyl (C=O) groups excluding carboxylic acids is 1. The van der Waals surface area contributed by atoms with Crippen LogP contribution < -0.4 is 4.90 Å². The summed E-state index contributed by atoms with van der Waals surface area (Å²) < 4.78 is 23.5. The minimum atomic E-state index is -3.05. The average molecular weight is 386 g/mol. The molecular formula is C19H22N4O3S. The minimum absolute atomic E-state index is 0.0195. The first-order valence-corrected chi connectivity index (χ1v) is 10.8. The smallest absolute Gasteiger partial charge is 0.272 e. The first-order valence-electron chi connectivity index (χ1n) is 9.03. The second-order valence-corrected chi connectivity index (χ2v) is 9.39. The van der Waals surface area contributed by atoms with Gasteiger partial charge in [-0.15, -0.1) is 0 Å². The van der Waals surface area contributed by atoms with Crippen LogP contribution in [-0.4, -0.2) is 60.3 Å². The molecule has 1 amide bonds. The quantitative estimate of drug-likeness (QED) is 0.799. The molecule has 1 unspecified atom stereocenters. The van der Waals surface area contributed by atoms with Gasteiger partial charge in [0.05, 0.1) is 11.5 Å². The Labute approximate surface area is 159 Å². The Morgan fingerprint density at radius 2 is 2.04 bits per heavy atom. The number of nitrogens with zero attached hydrogens (tertiary/aromatic N) is 4. The Morgan fingerprint density at radius 3 is 2.78 bits per heavy atom. The van der Waals surface area contributed by atoms with Gasteiger partial charge in [0, 0.05) is 31.4 Å². The van der Waals surface area contributed by atoms with E-state index in [9.17, 15) is 13.2 Å². The number of aromatic nitrogens is 2. The molecule has 0 bridgehead atoms. The number of sulfone groups is 1. The van der Waals surface area contributed by atoms with Gasteiger partial charge in [0.1, 0.15) is 17.3 Å². The Balaban J connectivity index is 1.62. The summed E-state index contributed by atoms with van der Waals surface area (Å²) in [5, 5.41) is 0. The summed E-state index contributed by atoms with van der Waals surface area (Å²) in [6.07, 6.45) is 1.41. The van der Waals surface area contributed by atoms with Crippen LogP contribution in [0.15, 0.2) is 30.3 Å². The van der Waals surface area contributed by atoms with Crippen molar-refractivity contribution in [1.82, 2.24) is 14.9 Å². The fourth-order valence-corrected chi connectivity index (χ4v) is 5.58. The zero-order valence-corrected chi connectivity index (χ0v) is 16.2. The molecule has 142 valence electrons. The normalized spacial score (nSPS) is 20.5. The summed E-state index contributed by atoms with van der Waals surface area (Å²) in [5.74, 6) is 1.10. The second kappa shape index (κ2) is 6.60. The topological polar surface area (TPSA) is 83.5 Å². The van der Waals surface area contributed by atoms with Crippen molar-refractivity contribution in [3.05, 3.63) is 47.4 Å². The van der Waals surface area contributed by atoms with Gasteiger partial charge in [0.15, 0.2) is 9.84 Å². The van der Waals surface area contributed by atoms with Crippen molar-refractivity contribution in [2.75, 3.05) is 30.0 Å². The van der Waals surface area contributed by atoms with E-state index in [0.717, 1.165) is 18.7 Å². The van der Waals surface area contributed by atoms with Crippen molar-refractivity contribution in [2.45, 2.75) is 25.8 Å². The number of carbonyl (C=O) groups is 1. The molecule has 0 spiro atoms. The highest BCUT2D eigenvalue weighted by Gasteiger charge is 2.34. The van der Waals surface area contributed by atoms with Crippen molar-refractivity contribution in [2.24, 2.45) is 0 Å². The lowest BCUT2D eigenvalue weighted by Crippen LogP contribution is -2.38. The van der Waals surface area contributed by atoms with Gasteiger partial charge in [0.25, 0.3) is 5.91 Å². The fourth-order valence-electron chi connectivity index (χ4n) is 3.80. The van der Waals surface area contributed by atoms with Gasteiger partial charge < -0.3 is 9.80 Å². The third kappa shape index (κ3) is 3.41. The summed E-state index contributed by atoms with van der Waals surface area (Å²) in [7, 11) is -1.41. The van der Waals surface area contributed by atoms with Crippen LogP contribution in [0.25, 0.3) is 0 Å². The van der Waals surface area contributed by atoms with Gasteiger partial charge in [-0.05, 0) is 31.4 Å². The highest BCUT2D eigenvalue weighted by Crippen LogP contribution is 2.33. The molecule has 3 heterocycles. The molecule has 1 atom stereocenters. The monoisotopic (exact) mass is 386 g/mol. The van der Waals surface area contributed by atoms with E-state index < -0.39 is 9.84 Å². The number of benzene rings is 1. The van der Waals surface area contributed by atoms with E-state index in [4.69, 9.17) is 0 Å². The molecule has 4 rings (SSSR count). The molecule has 1 aromatic carbocycles. The molecule has 0 N–H and O–H groups in total. The predicted octanol–water partition coefficient (Wildman–Crippen LogP) is 1.74. The summed E-state index contributed by atoms with van der Waals surface area (Å²) in [6, 6.07) is 9.57. The first kappa shape index (κ1) is 17.9. The number of aryl methyl sites for hydroxylation is 1. The average Bonchev–Trinajstić information content (AvgIpc) is 3.23. The zero-order chi connectivity index (χ0) is 19.2. The number of hydrogen-bond acceptors (Lipinski definition) is 6. The number of para-hydroxylation sites is 1. The minimum Gasteiger partial charge on any atom is -0.336 e. The Bertz CT molecular complexity index is 1010. The molecule has 2 aliphatic rings. The maximum atomic E-state index is 12.9. The van der Waals surface area contributed by atoms with Crippen molar-refractivity contribution >= 4 is 27.2 Å². The molecule has 8 heteroatoms. The van der Waals surface area contributed by atoms with Crippen molar-refractivity contribution < 1.29 is 13.2 Å². The maximum Gasteiger partial charge on any atom is 0.272 e. The third-order valence-corrected chi connectivity index (χ3v) is 7.03. The van der Waals surface area contributed by atoms with Crippen LogP contribution in [0.1, 0.15) is 28.3 Å². The number of fused-ring (bicyclic) bond motifs is 1. The molecule has 1 fully saturated rings. The summed E-state index contributed by atoms with van der Waals surface area (Å²) >= 11 is 0. The van der Waals surface area contributed by atoms with Gasteiger partial charge in [-0.1, -0.05) is 18.2 Å². The molecular weight excluding hydrogens is 364 g/mol. The van der Waals surface area contributed by atoms with Gasteiger partial charge in [-0.3, -0.25) is 4.79 Å². The largest absolute Gasteiger partial charge is 0.336 e. The number of anilines is 2. The lowest BCUT2D eigenvalue weighted by Gasteiger charge is -2.24. The van der Waals surface area contributed by atoms with Crippen LogP contribution in [0.4, 0.5) is 11.5 Å². The van der Waals surface area contributed by atoms with Crippen molar-refractivity contribution in [3.8, 4) is 0 Å². The maximum absolute atomic E-state index is 12.9. The van der Waals surface area contributed by atoms with Crippen molar-refractivity contribution in [1.29, 1.82) is 0 Å². The second-order valence-electron chi connectivity index (χ2n) is 7.16. The van der Waals surface area contributed by atoms with Crippen LogP contribution in [-0.2, 0) is 16.3 Å². The third-order valence-electron chi connectivity index (χ3n) is 5.28. The van der Waals surface area contributed by atoms with E-state index in [1.54, 1.807) is 20.0 Å². The molecule has 27 heavy (non-hydrogen) atoms. The Hall–Kier alpha value is -2.48. The highest BCUT2D eigenvalue weighted by molar-refractivity contribution is 7.91. The Kier molecular flexibility index (Phi) is 4.38. The van der Waals surface area contributed by atoms with Crippen LogP contribution in [0.5, 0.6) is 0 Å². The van der Waals surface area contributed by atoms with Gasteiger partial charge >= 0.3 is 0 Å². The SMILES string of the molecule is Cc1nc(C(=O)N(C)C2CCS(=O)(=O)C2)cc(N2CCc3ccccc32)n1. The van der Waals surface area contributed by atoms with E-state index in [0.29, 0.717) is 23.8 Å². The molecule has 1 saturated heterocycles. The fraction of sp³-hybridized carbons (Fsp3) is 0.421. The molecule has 2 aliphatic heterocycles. The molecule has 2 aromatic rings. The van der Waals surface area contributed by atoms with Crippen LogP contribution >= 0.6 is 0 Å². The summed E-state index contributed by atoms with van der Waals surface area (Å²) in [5.41, 5.74) is 2.66. The van der Waals surface area contributed by atoms with Gasteiger partial charge in [-0.2, -0.15) is 0 Å². The van der Waals surface area contributed by atoms with E-state index in [1.807, 2.05) is 12.1 Å². The summed E-state index contributed by atoms with van der Waals surface area (Å²) in [4.78, 5) is 25.4. The van der Waals surface area contributed by atoms with E-state index >= 15 is 0 Å².